The summed E-state index contributed by atoms with van der Waals surface area (Å²) in [5, 5.41) is 33.7. The Morgan fingerprint density at radius 1 is 0.387 bits per heavy atom. The Bertz CT molecular complexity index is 920. The van der Waals surface area contributed by atoms with Crippen molar-refractivity contribution in [3.63, 3.8) is 0 Å². The normalized spacial score (nSPS) is 13.4. The highest BCUT2D eigenvalue weighted by molar-refractivity contribution is 5.76. The van der Waals surface area contributed by atoms with Crippen molar-refractivity contribution in [1.82, 2.24) is 5.32 Å². The molecule has 62 heavy (non-hydrogen) atoms. The molecule has 4 N–H and O–H groups in total. The molecule has 0 spiro atoms. The van der Waals surface area contributed by atoms with Crippen LogP contribution >= 0.6 is 0 Å². The maximum absolute atomic E-state index is 12.5. The predicted octanol–water partition coefficient (Wildman–Crippen LogP) is 17.3. The molecule has 0 fully saturated rings. The van der Waals surface area contributed by atoms with Gasteiger partial charge in [0.2, 0.25) is 5.91 Å². The highest BCUT2D eigenvalue weighted by atomic mass is 16.3. The van der Waals surface area contributed by atoms with Crippen molar-refractivity contribution in [2.75, 3.05) is 6.61 Å². The summed E-state index contributed by atoms with van der Waals surface area (Å²) in [6.07, 6.45) is 66.2. The Labute approximate surface area is 388 Å². The van der Waals surface area contributed by atoms with E-state index in [4.69, 9.17) is 0 Å². The van der Waals surface area contributed by atoms with E-state index in [1.54, 1.807) is 0 Å². The van der Waals surface area contributed by atoms with Crippen LogP contribution in [0.2, 0.25) is 0 Å². The van der Waals surface area contributed by atoms with Gasteiger partial charge in [0.25, 0.3) is 0 Å². The number of rotatable bonds is 52. The van der Waals surface area contributed by atoms with Crippen molar-refractivity contribution in [1.29, 1.82) is 0 Å². The Balaban J connectivity index is 3.53. The molecule has 0 heterocycles. The SMILES string of the molecule is CCCCCCCCCCCCCC/C=C\CCCCCCCCCCCCCCCCC(=O)NC(CO)C(O)C(O)CCC/C=C/CCCCCCCCCCCCCCC. The molecule has 0 aromatic carbocycles. The second-order valence-electron chi connectivity index (χ2n) is 19.5. The molecule has 0 aromatic heterocycles. The second-order valence-corrected chi connectivity index (χ2v) is 19.5. The molecule has 3 atom stereocenters. The lowest BCUT2D eigenvalue weighted by Gasteiger charge is -2.26. The first-order valence-corrected chi connectivity index (χ1v) is 28.1. The molecule has 5 nitrogen and oxygen atoms in total. The van der Waals surface area contributed by atoms with Crippen molar-refractivity contribution in [3.8, 4) is 0 Å². The molecule has 0 rings (SSSR count). The number of amides is 1. The van der Waals surface area contributed by atoms with Crippen molar-refractivity contribution in [2.24, 2.45) is 0 Å². The van der Waals surface area contributed by atoms with Gasteiger partial charge in [0, 0.05) is 6.42 Å². The Kier molecular flexibility index (Phi) is 51.5. The van der Waals surface area contributed by atoms with Crippen LogP contribution in [0.15, 0.2) is 24.3 Å². The van der Waals surface area contributed by atoms with Crippen LogP contribution in [-0.2, 0) is 4.79 Å². The Morgan fingerprint density at radius 2 is 0.645 bits per heavy atom. The highest BCUT2D eigenvalue weighted by Gasteiger charge is 2.26. The number of unbranched alkanes of at least 4 members (excludes halogenated alkanes) is 40. The third kappa shape index (κ3) is 46.8. The van der Waals surface area contributed by atoms with Crippen LogP contribution in [0.4, 0.5) is 0 Å². The molecule has 0 saturated heterocycles. The van der Waals surface area contributed by atoms with Crippen LogP contribution in [-0.4, -0.2) is 46.1 Å². The van der Waals surface area contributed by atoms with Gasteiger partial charge in [0.1, 0.15) is 6.10 Å². The predicted molar refractivity (Wildman–Crippen MR) is 273 cm³/mol. The number of carbonyl (C=O) groups is 1. The number of aliphatic hydroxyl groups is 3. The van der Waals surface area contributed by atoms with Gasteiger partial charge in [0.15, 0.2) is 0 Å². The van der Waals surface area contributed by atoms with E-state index in [1.807, 2.05) is 0 Å². The molecule has 0 aromatic rings. The number of carbonyl (C=O) groups excluding carboxylic acids is 1. The van der Waals surface area contributed by atoms with E-state index in [0.717, 1.165) is 38.5 Å². The fourth-order valence-corrected chi connectivity index (χ4v) is 8.93. The van der Waals surface area contributed by atoms with Gasteiger partial charge in [-0.1, -0.05) is 263 Å². The first-order chi connectivity index (χ1) is 30.6. The van der Waals surface area contributed by atoms with Crippen molar-refractivity contribution in [3.05, 3.63) is 24.3 Å². The fraction of sp³-hybridized carbons (Fsp3) is 0.912. The third-order valence-corrected chi connectivity index (χ3v) is 13.3. The average molecular weight is 875 g/mol. The van der Waals surface area contributed by atoms with E-state index < -0.39 is 18.2 Å². The summed E-state index contributed by atoms with van der Waals surface area (Å²) in [6, 6.07) is -0.824. The molecule has 0 aliphatic heterocycles. The first kappa shape index (κ1) is 60.8. The van der Waals surface area contributed by atoms with Crippen LogP contribution in [0.5, 0.6) is 0 Å². The topological polar surface area (TPSA) is 89.8 Å². The number of hydrogen-bond donors (Lipinski definition) is 4. The van der Waals surface area contributed by atoms with Crippen LogP contribution in [0.3, 0.4) is 0 Å². The lowest BCUT2D eigenvalue weighted by molar-refractivity contribution is -0.124. The van der Waals surface area contributed by atoms with Crippen LogP contribution in [0.1, 0.15) is 309 Å². The van der Waals surface area contributed by atoms with Gasteiger partial charge in [-0.15, -0.1) is 0 Å². The fourth-order valence-electron chi connectivity index (χ4n) is 8.93. The summed E-state index contributed by atoms with van der Waals surface area (Å²) in [5.74, 6) is -0.150. The minimum absolute atomic E-state index is 0.150. The number of nitrogens with one attached hydrogen (secondary N) is 1. The van der Waals surface area contributed by atoms with E-state index in [-0.39, 0.29) is 12.5 Å². The number of allylic oxidation sites excluding steroid dienone is 4. The number of hydrogen-bond acceptors (Lipinski definition) is 4. The monoisotopic (exact) mass is 874 g/mol. The quantitative estimate of drug-likeness (QED) is 0.0362. The zero-order chi connectivity index (χ0) is 45.1. The molecule has 368 valence electrons. The van der Waals surface area contributed by atoms with Crippen LogP contribution in [0.25, 0.3) is 0 Å². The minimum Gasteiger partial charge on any atom is -0.394 e. The molecule has 3 unspecified atom stereocenters. The average Bonchev–Trinajstić information content (AvgIpc) is 3.28. The molecule has 1 amide bonds. The summed E-state index contributed by atoms with van der Waals surface area (Å²) in [4.78, 5) is 12.5. The van der Waals surface area contributed by atoms with Crippen molar-refractivity contribution >= 4 is 5.91 Å². The molecule has 0 radical (unpaired) electrons. The van der Waals surface area contributed by atoms with E-state index in [1.165, 1.54) is 244 Å². The maximum atomic E-state index is 12.5. The van der Waals surface area contributed by atoms with Crippen LogP contribution in [0, 0.1) is 0 Å². The van der Waals surface area contributed by atoms with Crippen molar-refractivity contribution < 1.29 is 20.1 Å². The maximum Gasteiger partial charge on any atom is 0.220 e. The lowest BCUT2D eigenvalue weighted by atomic mass is 10.0. The van der Waals surface area contributed by atoms with Gasteiger partial charge >= 0.3 is 0 Å². The first-order valence-electron chi connectivity index (χ1n) is 28.1. The zero-order valence-electron chi connectivity index (χ0n) is 42.0. The highest BCUT2D eigenvalue weighted by Crippen LogP contribution is 2.17. The Hall–Kier alpha value is -1.17. The molecule has 0 aliphatic carbocycles. The van der Waals surface area contributed by atoms with Crippen molar-refractivity contribution in [2.45, 2.75) is 327 Å². The standard InChI is InChI=1S/C57H111NO4/c1-3-5-7-9-11-13-15-17-19-21-23-24-25-26-27-28-29-30-31-32-33-34-36-38-40-42-44-46-48-50-52-56(61)58-54(53-59)57(62)55(60)51-49-47-45-43-41-39-37-35-22-20-18-16-14-12-10-8-6-4-2/h26-27,43,45,54-55,57,59-60,62H,3-25,28-42,44,46-53H2,1-2H3,(H,58,61)/b27-26-,45-43+. The summed E-state index contributed by atoms with van der Waals surface area (Å²) >= 11 is 0. The molecule has 0 bridgehead atoms. The molecular formula is C57H111NO4. The summed E-state index contributed by atoms with van der Waals surface area (Å²) in [7, 11) is 0. The summed E-state index contributed by atoms with van der Waals surface area (Å²) < 4.78 is 0. The van der Waals surface area contributed by atoms with E-state index in [2.05, 4.69) is 43.5 Å². The summed E-state index contributed by atoms with van der Waals surface area (Å²) in [6.45, 7) is 4.20. The largest absolute Gasteiger partial charge is 0.394 e. The zero-order valence-corrected chi connectivity index (χ0v) is 42.0. The Morgan fingerprint density at radius 3 is 0.935 bits per heavy atom. The van der Waals surface area contributed by atoms with Gasteiger partial charge in [-0.3, -0.25) is 4.79 Å². The van der Waals surface area contributed by atoms with Gasteiger partial charge in [-0.2, -0.15) is 0 Å². The van der Waals surface area contributed by atoms with Gasteiger partial charge in [-0.05, 0) is 64.2 Å². The van der Waals surface area contributed by atoms with E-state index >= 15 is 0 Å². The van der Waals surface area contributed by atoms with Gasteiger partial charge < -0.3 is 20.6 Å². The second kappa shape index (κ2) is 52.5. The molecule has 0 aliphatic rings. The van der Waals surface area contributed by atoms with Gasteiger partial charge in [0.05, 0.1) is 18.8 Å². The molecule has 0 saturated carbocycles. The molecule has 5 heteroatoms. The van der Waals surface area contributed by atoms with Gasteiger partial charge in [-0.25, -0.2) is 0 Å². The van der Waals surface area contributed by atoms with Crippen LogP contribution < -0.4 is 5.32 Å². The third-order valence-electron chi connectivity index (χ3n) is 13.3. The van der Waals surface area contributed by atoms with E-state index in [0.29, 0.717) is 12.8 Å². The summed E-state index contributed by atoms with van der Waals surface area (Å²) in [5.41, 5.74) is 0. The number of aliphatic hydroxyl groups excluding tert-OH is 3. The minimum atomic E-state index is -1.16. The smallest absolute Gasteiger partial charge is 0.220 e. The lowest BCUT2D eigenvalue weighted by Crippen LogP contribution is -2.50. The van der Waals surface area contributed by atoms with E-state index in [9.17, 15) is 20.1 Å². The molecular weight excluding hydrogens is 763 g/mol.